The average Bonchev–Trinajstić information content (AvgIpc) is 2.93. The van der Waals surface area contributed by atoms with Crippen LogP contribution >= 0.6 is 0 Å². The van der Waals surface area contributed by atoms with Gasteiger partial charge in [-0.25, -0.2) is 8.70 Å². The number of hydrogen-bond donors (Lipinski definition) is 0. The van der Waals surface area contributed by atoms with Crippen molar-refractivity contribution in [1.82, 2.24) is 13.5 Å². The molecule has 1 aromatic rings. The van der Waals surface area contributed by atoms with E-state index in [4.69, 9.17) is 4.74 Å². The Morgan fingerprint density at radius 2 is 1.70 bits per heavy atom. The minimum absolute atomic E-state index is 0.116. The topological polar surface area (TPSA) is 56.3 Å². The highest BCUT2D eigenvalue weighted by molar-refractivity contribution is 7.86. The normalized spacial score (nSPS) is 26.7. The van der Waals surface area contributed by atoms with Gasteiger partial charge in [-0.3, -0.25) is 0 Å². The molecule has 1 saturated heterocycles. The highest BCUT2D eigenvalue weighted by Gasteiger charge is 2.40. The molecule has 2 aliphatic rings. The zero-order valence-electron chi connectivity index (χ0n) is 16.3. The molecule has 9 heteroatoms. The van der Waals surface area contributed by atoms with Gasteiger partial charge in [0.25, 0.3) is 0 Å². The first-order chi connectivity index (χ1) is 12.6. The Hall–Kier alpha value is -2.00. The fourth-order valence-electron chi connectivity index (χ4n) is 3.79. The molecule has 2 heterocycles. The molecule has 0 N–H and O–H groups in total. The van der Waals surface area contributed by atoms with Gasteiger partial charge in [-0.15, -0.1) is 0 Å². The molecular formula is C18H27FN4O3S. The molecule has 1 fully saturated rings. The van der Waals surface area contributed by atoms with Gasteiger partial charge in [0.1, 0.15) is 17.7 Å². The molecule has 3 atom stereocenters. The van der Waals surface area contributed by atoms with Gasteiger partial charge in [-0.1, -0.05) is 0 Å². The molecule has 0 spiro atoms. The van der Waals surface area contributed by atoms with Crippen molar-refractivity contribution in [3.8, 4) is 5.75 Å². The summed E-state index contributed by atoms with van der Waals surface area (Å²) < 4.78 is 48.2. The van der Waals surface area contributed by atoms with Gasteiger partial charge < -0.3 is 14.5 Å². The molecular weight excluding hydrogens is 371 g/mol. The fraction of sp³-hybridized carbons (Fsp3) is 0.556. The number of nitrogens with zero attached hydrogens (tertiary/aromatic N) is 4. The van der Waals surface area contributed by atoms with Gasteiger partial charge in [0.15, 0.2) is 0 Å². The lowest BCUT2D eigenvalue weighted by Gasteiger charge is -2.46. The number of anilines is 1. The van der Waals surface area contributed by atoms with Crippen LogP contribution in [0.3, 0.4) is 0 Å². The van der Waals surface area contributed by atoms with E-state index in [9.17, 15) is 12.8 Å². The molecule has 7 nitrogen and oxygen atoms in total. The van der Waals surface area contributed by atoms with E-state index >= 15 is 0 Å². The molecule has 150 valence electrons. The van der Waals surface area contributed by atoms with Crippen LogP contribution in [0.1, 0.15) is 20.8 Å². The minimum Gasteiger partial charge on any atom is -0.497 e. The highest BCUT2D eigenvalue weighted by atomic mass is 32.2. The molecule has 2 aliphatic heterocycles. The quantitative estimate of drug-likeness (QED) is 0.777. The summed E-state index contributed by atoms with van der Waals surface area (Å²) in [4.78, 5) is 3.90. The Morgan fingerprint density at radius 1 is 1.07 bits per heavy atom. The summed E-state index contributed by atoms with van der Waals surface area (Å²) in [5.74, 6) is 0.0661. The monoisotopic (exact) mass is 398 g/mol. The molecule has 0 amide bonds. The van der Waals surface area contributed by atoms with Crippen LogP contribution in [0, 0.1) is 5.82 Å². The summed E-state index contributed by atoms with van der Waals surface area (Å²) in [5.41, 5.74) is 0.693. The Labute approximate surface area is 160 Å². The SMILES string of the molecule is COc1cc(F)cc(N2[C@H](C)CN(S(=O)(=O)N3C=CN(C)C3C)C[C@H]2C)c1. The summed E-state index contributed by atoms with van der Waals surface area (Å²) >= 11 is 0. The van der Waals surface area contributed by atoms with Crippen molar-refractivity contribution in [2.24, 2.45) is 0 Å². The molecule has 0 aliphatic carbocycles. The summed E-state index contributed by atoms with van der Waals surface area (Å²) in [6, 6.07) is 4.33. The highest BCUT2D eigenvalue weighted by Crippen LogP contribution is 2.31. The maximum Gasteiger partial charge on any atom is 0.305 e. The number of ether oxygens (including phenoxy) is 1. The second-order valence-corrected chi connectivity index (χ2v) is 9.04. The number of piperazine rings is 1. The first-order valence-corrected chi connectivity index (χ1v) is 10.4. The first kappa shape index (κ1) is 19.8. The standard InChI is InChI=1S/C18H27FN4O3S/c1-13-11-21(27(24,25)22-7-6-20(4)15(22)3)12-14(2)23(13)17-8-16(19)9-18(10-17)26-5/h6-10,13-15H,11-12H2,1-5H3/t13-,14-,15?/m1/s1. The van der Waals surface area contributed by atoms with E-state index in [-0.39, 0.29) is 24.1 Å². The molecule has 27 heavy (non-hydrogen) atoms. The molecule has 1 aromatic carbocycles. The summed E-state index contributed by atoms with van der Waals surface area (Å²) in [6.45, 7) is 6.40. The van der Waals surface area contributed by atoms with Crippen LogP contribution in [0.15, 0.2) is 30.6 Å². The van der Waals surface area contributed by atoms with E-state index in [1.54, 1.807) is 18.5 Å². The van der Waals surface area contributed by atoms with E-state index in [0.29, 0.717) is 24.5 Å². The maximum absolute atomic E-state index is 13.9. The second-order valence-electron chi connectivity index (χ2n) is 7.20. The Kier molecular flexibility index (Phi) is 5.27. The van der Waals surface area contributed by atoms with Crippen molar-refractivity contribution in [2.75, 3.05) is 32.1 Å². The number of methoxy groups -OCH3 is 1. The zero-order chi connectivity index (χ0) is 19.9. The lowest BCUT2D eigenvalue weighted by atomic mass is 10.1. The number of benzene rings is 1. The lowest BCUT2D eigenvalue weighted by molar-refractivity contribution is 0.238. The average molecular weight is 399 g/mol. The van der Waals surface area contributed by atoms with Crippen LogP contribution in [0.5, 0.6) is 5.75 Å². The van der Waals surface area contributed by atoms with Crippen LogP contribution < -0.4 is 9.64 Å². The Bertz CT molecular complexity index is 820. The lowest BCUT2D eigenvalue weighted by Crippen LogP contribution is -2.60. The molecule has 3 rings (SSSR count). The molecule has 0 bridgehead atoms. The Morgan fingerprint density at radius 3 is 2.22 bits per heavy atom. The van der Waals surface area contributed by atoms with E-state index < -0.39 is 10.2 Å². The molecule has 1 unspecified atom stereocenters. The van der Waals surface area contributed by atoms with Gasteiger partial charge >= 0.3 is 10.2 Å². The van der Waals surface area contributed by atoms with E-state index in [0.717, 1.165) is 0 Å². The van der Waals surface area contributed by atoms with Crippen LogP contribution in [0.4, 0.5) is 10.1 Å². The number of halogens is 1. The van der Waals surface area contributed by atoms with Gasteiger partial charge in [-0.05, 0) is 26.8 Å². The fourth-order valence-corrected chi connectivity index (χ4v) is 5.61. The van der Waals surface area contributed by atoms with Crippen molar-refractivity contribution >= 4 is 15.9 Å². The predicted octanol–water partition coefficient (Wildman–Crippen LogP) is 2.04. The second kappa shape index (κ2) is 7.20. The van der Waals surface area contributed by atoms with Gasteiger partial charge in [0, 0.05) is 62.4 Å². The molecule has 0 aromatic heterocycles. The number of hydrogen-bond acceptors (Lipinski definition) is 5. The van der Waals surface area contributed by atoms with Crippen molar-refractivity contribution in [3.63, 3.8) is 0 Å². The molecule has 0 saturated carbocycles. The van der Waals surface area contributed by atoms with Gasteiger partial charge in [0.2, 0.25) is 0 Å². The minimum atomic E-state index is -3.62. The largest absolute Gasteiger partial charge is 0.497 e. The van der Waals surface area contributed by atoms with Crippen LogP contribution in [0.2, 0.25) is 0 Å². The van der Waals surface area contributed by atoms with Crippen molar-refractivity contribution in [2.45, 2.75) is 39.0 Å². The van der Waals surface area contributed by atoms with E-state index in [1.807, 2.05) is 37.6 Å². The van der Waals surface area contributed by atoms with Crippen molar-refractivity contribution < 1.29 is 17.5 Å². The third-order valence-corrected chi connectivity index (χ3v) is 7.18. The van der Waals surface area contributed by atoms with Crippen LogP contribution in [0.25, 0.3) is 0 Å². The third-order valence-electron chi connectivity index (χ3n) is 5.27. The first-order valence-electron chi connectivity index (χ1n) is 8.97. The molecule has 0 radical (unpaired) electrons. The summed E-state index contributed by atoms with van der Waals surface area (Å²) in [6.07, 6.45) is 3.09. The zero-order valence-corrected chi connectivity index (χ0v) is 17.1. The Balaban J connectivity index is 1.83. The van der Waals surface area contributed by atoms with Gasteiger partial charge in [-0.2, -0.15) is 12.7 Å². The maximum atomic E-state index is 13.9. The number of rotatable bonds is 4. The smallest absolute Gasteiger partial charge is 0.305 e. The predicted molar refractivity (Wildman–Crippen MR) is 103 cm³/mol. The summed E-state index contributed by atoms with van der Waals surface area (Å²) in [5, 5.41) is 0. The van der Waals surface area contributed by atoms with E-state index in [2.05, 4.69) is 0 Å². The van der Waals surface area contributed by atoms with Crippen molar-refractivity contribution in [3.05, 3.63) is 36.4 Å². The summed E-state index contributed by atoms with van der Waals surface area (Å²) in [7, 11) is -0.281. The third kappa shape index (κ3) is 3.58. The van der Waals surface area contributed by atoms with Crippen LogP contribution in [-0.4, -0.2) is 67.4 Å². The van der Waals surface area contributed by atoms with Crippen LogP contribution in [-0.2, 0) is 10.2 Å². The van der Waals surface area contributed by atoms with E-state index in [1.165, 1.54) is 27.9 Å². The van der Waals surface area contributed by atoms with Crippen molar-refractivity contribution in [1.29, 1.82) is 0 Å². The van der Waals surface area contributed by atoms with Gasteiger partial charge in [0.05, 0.1) is 7.11 Å².